The van der Waals surface area contributed by atoms with E-state index in [1.165, 1.54) is 6.07 Å². The maximum atomic E-state index is 12.0. The number of hydrogen-bond acceptors (Lipinski definition) is 4. The van der Waals surface area contributed by atoms with Gasteiger partial charge in [-0.15, -0.1) is 10.2 Å². The van der Waals surface area contributed by atoms with Crippen molar-refractivity contribution in [2.24, 2.45) is 5.92 Å². The third-order valence-electron chi connectivity index (χ3n) is 2.74. The second-order valence-electron chi connectivity index (χ2n) is 3.96. The molecule has 1 unspecified atom stereocenters. The molecule has 1 aromatic heterocycles. The predicted octanol–water partition coefficient (Wildman–Crippen LogP) is 1.51. The van der Waals surface area contributed by atoms with Gasteiger partial charge in [0.1, 0.15) is 0 Å². The summed E-state index contributed by atoms with van der Waals surface area (Å²) in [6.45, 7) is 1.14. The van der Waals surface area contributed by atoms with E-state index in [9.17, 15) is 4.79 Å². The van der Waals surface area contributed by atoms with Crippen LogP contribution >= 0.6 is 11.6 Å². The van der Waals surface area contributed by atoms with Gasteiger partial charge in [-0.3, -0.25) is 4.79 Å². The van der Waals surface area contributed by atoms with E-state index in [0.717, 1.165) is 12.8 Å². The van der Waals surface area contributed by atoms with Crippen molar-refractivity contribution >= 4 is 17.5 Å². The third-order valence-corrected chi connectivity index (χ3v) is 2.94. The molecule has 0 saturated carbocycles. The Hall–Kier alpha value is -1.67. The molecule has 1 aliphatic rings. The van der Waals surface area contributed by atoms with Crippen molar-refractivity contribution in [3.8, 4) is 6.07 Å². The number of rotatable bonds is 1. The Kier molecular flexibility index (Phi) is 3.55. The fraction of sp³-hybridized carbons (Fsp3) is 0.455. The van der Waals surface area contributed by atoms with Crippen molar-refractivity contribution in [3.63, 3.8) is 0 Å². The summed E-state index contributed by atoms with van der Waals surface area (Å²) in [5.41, 5.74) is 0.271. The van der Waals surface area contributed by atoms with Gasteiger partial charge < -0.3 is 4.90 Å². The van der Waals surface area contributed by atoms with Gasteiger partial charge >= 0.3 is 0 Å². The predicted molar refractivity (Wildman–Crippen MR) is 61.3 cm³/mol. The first kappa shape index (κ1) is 11.8. The maximum Gasteiger partial charge on any atom is 0.274 e. The second kappa shape index (κ2) is 5.11. The van der Waals surface area contributed by atoms with Crippen molar-refractivity contribution < 1.29 is 4.79 Å². The minimum Gasteiger partial charge on any atom is -0.336 e. The van der Waals surface area contributed by atoms with Crippen LogP contribution in [0.15, 0.2) is 12.1 Å². The number of halogens is 1. The van der Waals surface area contributed by atoms with Gasteiger partial charge in [0, 0.05) is 13.1 Å². The molecule has 88 valence electrons. The fourth-order valence-corrected chi connectivity index (χ4v) is 1.96. The number of amides is 1. The Morgan fingerprint density at radius 1 is 1.53 bits per heavy atom. The smallest absolute Gasteiger partial charge is 0.274 e. The Balaban J connectivity index is 2.09. The SMILES string of the molecule is N#CC1CCCN(C(=O)c2ccc(Cl)nn2)C1. The summed E-state index contributed by atoms with van der Waals surface area (Å²) in [7, 11) is 0. The van der Waals surface area contributed by atoms with Crippen LogP contribution in [0, 0.1) is 17.2 Å². The summed E-state index contributed by atoms with van der Waals surface area (Å²) in [6.07, 6.45) is 1.71. The highest BCUT2D eigenvalue weighted by molar-refractivity contribution is 6.29. The van der Waals surface area contributed by atoms with Gasteiger partial charge in [-0.1, -0.05) is 11.6 Å². The molecular weight excluding hydrogens is 240 g/mol. The molecule has 1 atom stereocenters. The average molecular weight is 251 g/mol. The van der Waals surface area contributed by atoms with Crippen molar-refractivity contribution in [2.75, 3.05) is 13.1 Å². The monoisotopic (exact) mass is 250 g/mol. The molecule has 5 nitrogen and oxygen atoms in total. The normalized spacial score (nSPS) is 19.8. The lowest BCUT2D eigenvalue weighted by atomic mass is 9.99. The van der Waals surface area contributed by atoms with Crippen molar-refractivity contribution in [2.45, 2.75) is 12.8 Å². The third kappa shape index (κ3) is 2.71. The van der Waals surface area contributed by atoms with Crippen molar-refractivity contribution in [3.05, 3.63) is 23.0 Å². The van der Waals surface area contributed by atoms with Crippen LogP contribution in [0.4, 0.5) is 0 Å². The zero-order chi connectivity index (χ0) is 12.3. The zero-order valence-electron chi connectivity index (χ0n) is 9.14. The molecule has 1 saturated heterocycles. The van der Waals surface area contributed by atoms with Crippen LogP contribution in [-0.2, 0) is 0 Å². The van der Waals surface area contributed by atoms with Gasteiger partial charge in [-0.2, -0.15) is 5.26 Å². The molecule has 0 bridgehead atoms. The summed E-state index contributed by atoms with van der Waals surface area (Å²) in [4.78, 5) is 13.7. The lowest BCUT2D eigenvalue weighted by molar-refractivity contribution is 0.0691. The van der Waals surface area contributed by atoms with Crippen molar-refractivity contribution in [1.82, 2.24) is 15.1 Å². The Morgan fingerprint density at radius 3 is 3.00 bits per heavy atom. The minimum absolute atomic E-state index is 0.0760. The summed E-state index contributed by atoms with van der Waals surface area (Å²) in [6, 6.07) is 5.28. The molecule has 1 amide bonds. The van der Waals surface area contributed by atoms with E-state index in [1.54, 1.807) is 11.0 Å². The van der Waals surface area contributed by atoms with E-state index in [2.05, 4.69) is 16.3 Å². The van der Waals surface area contributed by atoms with Crippen LogP contribution in [0.5, 0.6) is 0 Å². The number of carbonyl (C=O) groups excluding carboxylic acids is 1. The summed E-state index contributed by atoms with van der Waals surface area (Å²) in [5.74, 6) is -0.262. The van der Waals surface area contributed by atoms with Gasteiger partial charge in [0.25, 0.3) is 5.91 Å². The van der Waals surface area contributed by atoms with Crippen LogP contribution < -0.4 is 0 Å². The number of nitrogens with zero attached hydrogens (tertiary/aromatic N) is 4. The van der Waals surface area contributed by atoms with E-state index in [1.807, 2.05) is 0 Å². The first-order valence-electron chi connectivity index (χ1n) is 5.39. The van der Waals surface area contributed by atoms with Gasteiger partial charge in [-0.05, 0) is 25.0 Å². The molecule has 2 rings (SSSR count). The topological polar surface area (TPSA) is 69.9 Å². The zero-order valence-corrected chi connectivity index (χ0v) is 9.89. The Labute approximate surface area is 104 Å². The molecule has 6 heteroatoms. The Morgan fingerprint density at radius 2 is 2.35 bits per heavy atom. The molecule has 0 N–H and O–H groups in total. The maximum absolute atomic E-state index is 12.0. The van der Waals surface area contributed by atoms with E-state index in [-0.39, 0.29) is 22.7 Å². The standard InChI is InChI=1S/C11H11ClN4O/c12-10-4-3-9(14-15-10)11(17)16-5-1-2-8(6-13)7-16/h3-4,8H,1-2,5,7H2. The number of piperidine rings is 1. The van der Waals surface area contributed by atoms with Crippen LogP contribution in [0.25, 0.3) is 0 Å². The second-order valence-corrected chi connectivity index (χ2v) is 4.35. The van der Waals surface area contributed by atoms with E-state index in [0.29, 0.717) is 13.1 Å². The number of nitriles is 1. The van der Waals surface area contributed by atoms with Crippen LogP contribution in [0.3, 0.4) is 0 Å². The molecule has 0 radical (unpaired) electrons. The van der Waals surface area contributed by atoms with Crippen molar-refractivity contribution in [1.29, 1.82) is 5.26 Å². The molecule has 0 aliphatic carbocycles. The first-order valence-corrected chi connectivity index (χ1v) is 5.76. The van der Waals surface area contributed by atoms with Crippen LogP contribution in [0.2, 0.25) is 5.15 Å². The molecule has 1 fully saturated rings. The first-order chi connectivity index (χ1) is 8.20. The Bertz CT molecular complexity index is 454. The molecule has 0 spiro atoms. The van der Waals surface area contributed by atoms with E-state index >= 15 is 0 Å². The summed E-state index contributed by atoms with van der Waals surface area (Å²) < 4.78 is 0. The quantitative estimate of drug-likeness (QED) is 0.757. The fourth-order valence-electron chi connectivity index (χ4n) is 1.86. The van der Waals surface area contributed by atoms with Gasteiger partial charge in [0.2, 0.25) is 0 Å². The molecule has 2 heterocycles. The molecular formula is C11H11ClN4O. The molecule has 1 aromatic rings. The highest BCUT2D eigenvalue weighted by atomic mass is 35.5. The van der Waals surface area contributed by atoms with Gasteiger partial charge in [0.05, 0.1) is 12.0 Å². The minimum atomic E-state index is -0.186. The molecule has 1 aliphatic heterocycles. The summed E-state index contributed by atoms with van der Waals surface area (Å²) >= 11 is 5.61. The lowest BCUT2D eigenvalue weighted by Crippen LogP contribution is -2.39. The van der Waals surface area contributed by atoms with Crippen LogP contribution in [-0.4, -0.2) is 34.1 Å². The molecule has 0 aromatic carbocycles. The lowest BCUT2D eigenvalue weighted by Gasteiger charge is -2.29. The van der Waals surface area contributed by atoms with E-state index in [4.69, 9.17) is 16.9 Å². The summed E-state index contributed by atoms with van der Waals surface area (Å²) in [5, 5.41) is 16.5. The van der Waals surface area contributed by atoms with Gasteiger partial charge in [0.15, 0.2) is 10.8 Å². The van der Waals surface area contributed by atoms with Crippen LogP contribution in [0.1, 0.15) is 23.3 Å². The number of carbonyl (C=O) groups is 1. The van der Waals surface area contributed by atoms with E-state index < -0.39 is 0 Å². The number of hydrogen-bond donors (Lipinski definition) is 0. The number of likely N-dealkylation sites (tertiary alicyclic amines) is 1. The molecule has 17 heavy (non-hydrogen) atoms. The largest absolute Gasteiger partial charge is 0.336 e. The van der Waals surface area contributed by atoms with Gasteiger partial charge in [-0.25, -0.2) is 0 Å². The number of aromatic nitrogens is 2. The highest BCUT2D eigenvalue weighted by Crippen LogP contribution is 2.17. The highest BCUT2D eigenvalue weighted by Gasteiger charge is 2.25. The average Bonchev–Trinajstić information content (AvgIpc) is 2.39.